The molecule has 18 heavy (non-hydrogen) atoms. The maximum absolute atomic E-state index is 13.1. The molecule has 0 aromatic heterocycles. The molecule has 0 saturated heterocycles. The number of carbonyl (C=O) groups is 1. The maximum Gasteiger partial charge on any atom is 0.323 e. The predicted octanol–water partition coefficient (Wildman–Crippen LogP) is 1.57. The molecule has 0 heterocycles. The van der Waals surface area contributed by atoms with Crippen molar-refractivity contribution in [2.24, 2.45) is 5.73 Å². The van der Waals surface area contributed by atoms with Crippen LogP contribution in [0.4, 0.5) is 4.39 Å². The number of nitrogens with two attached hydrogens (primary N) is 1. The van der Waals surface area contributed by atoms with Crippen molar-refractivity contribution in [2.45, 2.75) is 11.8 Å². The summed E-state index contributed by atoms with van der Waals surface area (Å²) < 4.78 is 22.7. The normalized spacial score (nSPS) is 12.0. The number of halogens is 1. The molecule has 6 heteroatoms. The van der Waals surface area contributed by atoms with Gasteiger partial charge in [-0.1, -0.05) is 0 Å². The highest BCUT2D eigenvalue weighted by Crippen LogP contribution is 2.24. The molecule has 2 N–H and O–H groups in total. The van der Waals surface area contributed by atoms with Crippen molar-refractivity contribution in [3.63, 3.8) is 0 Å². The maximum atomic E-state index is 13.1. The number of rotatable bonds is 6. The van der Waals surface area contributed by atoms with Crippen molar-refractivity contribution in [1.29, 1.82) is 0 Å². The van der Waals surface area contributed by atoms with E-state index in [4.69, 9.17) is 10.5 Å². The van der Waals surface area contributed by atoms with Crippen LogP contribution >= 0.6 is 11.8 Å². The van der Waals surface area contributed by atoms with Crippen molar-refractivity contribution in [3.05, 3.63) is 29.6 Å². The van der Waals surface area contributed by atoms with E-state index in [1.165, 1.54) is 38.1 Å². The molecule has 0 bridgehead atoms. The molecule has 0 spiro atoms. The Morgan fingerprint density at radius 1 is 1.50 bits per heavy atom. The average Bonchev–Trinajstić information content (AvgIpc) is 2.38. The Kier molecular flexibility index (Phi) is 5.94. The van der Waals surface area contributed by atoms with Crippen LogP contribution in [0.1, 0.15) is 5.56 Å². The van der Waals surface area contributed by atoms with Gasteiger partial charge in [0.05, 0.1) is 14.2 Å². The van der Waals surface area contributed by atoms with Crippen LogP contribution in [-0.4, -0.2) is 32.0 Å². The molecule has 4 nitrogen and oxygen atoms in total. The fourth-order valence-corrected chi connectivity index (χ4v) is 2.33. The topological polar surface area (TPSA) is 61.5 Å². The average molecular weight is 273 g/mol. The summed E-state index contributed by atoms with van der Waals surface area (Å²) in [6.07, 6.45) is 0. The predicted molar refractivity (Wildman–Crippen MR) is 69.1 cm³/mol. The number of thioether (sulfide) groups is 1. The first-order valence-electron chi connectivity index (χ1n) is 5.32. The third-order valence-electron chi connectivity index (χ3n) is 2.30. The van der Waals surface area contributed by atoms with Gasteiger partial charge >= 0.3 is 5.97 Å². The molecule has 1 rings (SSSR count). The number of ether oxygens (including phenoxy) is 2. The second-order valence-electron chi connectivity index (χ2n) is 3.60. The zero-order valence-corrected chi connectivity index (χ0v) is 11.1. The van der Waals surface area contributed by atoms with Crippen molar-refractivity contribution in [1.82, 2.24) is 0 Å². The van der Waals surface area contributed by atoms with Crippen LogP contribution in [0.25, 0.3) is 0 Å². The summed E-state index contributed by atoms with van der Waals surface area (Å²) >= 11 is 1.42. The number of carbonyl (C=O) groups excluding carboxylic acids is 1. The van der Waals surface area contributed by atoms with Gasteiger partial charge in [-0.15, -0.1) is 0 Å². The van der Waals surface area contributed by atoms with E-state index in [2.05, 4.69) is 4.74 Å². The standard InChI is InChI=1S/C12H16FNO3S/c1-16-11-4-3-9(13)5-8(11)6-18-7-10(14)12(15)17-2/h3-5,10H,6-7,14H2,1-2H3. The van der Waals surface area contributed by atoms with Gasteiger partial charge in [0.15, 0.2) is 0 Å². The highest BCUT2D eigenvalue weighted by molar-refractivity contribution is 7.98. The van der Waals surface area contributed by atoms with Crippen LogP contribution in [0.15, 0.2) is 18.2 Å². The zero-order chi connectivity index (χ0) is 13.5. The van der Waals surface area contributed by atoms with Crippen molar-refractivity contribution >= 4 is 17.7 Å². The van der Waals surface area contributed by atoms with E-state index in [9.17, 15) is 9.18 Å². The molecule has 1 aromatic carbocycles. The van der Waals surface area contributed by atoms with E-state index in [-0.39, 0.29) is 5.82 Å². The first kappa shape index (κ1) is 14.8. The van der Waals surface area contributed by atoms with Gasteiger partial charge < -0.3 is 15.2 Å². The van der Waals surface area contributed by atoms with Crippen LogP contribution in [-0.2, 0) is 15.3 Å². The van der Waals surface area contributed by atoms with Crippen LogP contribution in [0.3, 0.4) is 0 Å². The second kappa shape index (κ2) is 7.23. The molecule has 0 aliphatic carbocycles. The Hall–Kier alpha value is -1.27. The summed E-state index contributed by atoms with van der Waals surface area (Å²) in [6.45, 7) is 0. The van der Waals surface area contributed by atoms with E-state index < -0.39 is 12.0 Å². The molecule has 0 saturated carbocycles. The fourth-order valence-electron chi connectivity index (χ4n) is 1.38. The fraction of sp³-hybridized carbons (Fsp3) is 0.417. The van der Waals surface area contributed by atoms with Gasteiger partial charge in [0, 0.05) is 17.1 Å². The van der Waals surface area contributed by atoms with Crippen LogP contribution in [0.5, 0.6) is 5.75 Å². The first-order valence-corrected chi connectivity index (χ1v) is 6.47. The minimum atomic E-state index is -0.667. The Balaban J connectivity index is 2.53. The molecule has 0 fully saturated rings. The van der Waals surface area contributed by atoms with E-state index in [0.29, 0.717) is 17.3 Å². The Morgan fingerprint density at radius 3 is 2.83 bits per heavy atom. The van der Waals surface area contributed by atoms with E-state index in [0.717, 1.165) is 5.56 Å². The van der Waals surface area contributed by atoms with Gasteiger partial charge in [0.2, 0.25) is 0 Å². The largest absolute Gasteiger partial charge is 0.496 e. The monoisotopic (exact) mass is 273 g/mol. The number of hydrogen-bond acceptors (Lipinski definition) is 5. The van der Waals surface area contributed by atoms with Crippen LogP contribution < -0.4 is 10.5 Å². The molecular weight excluding hydrogens is 257 g/mol. The molecule has 0 aliphatic heterocycles. The molecule has 1 unspecified atom stereocenters. The van der Waals surface area contributed by atoms with Crippen molar-refractivity contribution < 1.29 is 18.7 Å². The number of esters is 1. The highest BCUT2D eigenvalue weighted by atomic mass is 32.2. The van der Waals surface area contributed by atoms with E-state index >= 15 is 0 Å². The van der Waals surface area contributed by atoms with Gasteiger partial charge in [-0.2, -0.15) is 11.8 Å². The summed E-state index contributed by atoms with van der Waals surface area (Å²) in [5.74, 6) is 0.783. The van der Waals surface area contributed by atoms with Crippen LogP contribution in [0, 0.1) is 5.82 Å². The molecule has 0 aliphatic rings. The molecule has 0 radical (unpaired) electrons. The minimum absolute atomic E-state index is 0.316. The number of benzene rings is 1. The highest BCUT2D eigenvalue weighted by Gasteiger charge is 2.14. The SMILES string of the molecule is COC(=O)C(N)CSCc1cc(F)ccc1OC. The van der Waals surface area contributed by atoms with Crippen molar-refractivity contribution in [2.75, 3.05) is 20.0 Å². The number of hydrogen-bond donors (Lipinski definition) is 1. The summed E-state index contributed by atoms with van der Waals surface area (Å²) in [6, 6.07) is 3.66. The Labute approximate surface area is 110 Å². The van der Waals surface area contributed by atoms with Gasteiger partial charge in [-0.3, -0.25) is 4.79 Å². The Morgan fingerprint density at radius 2 is 2.22 bits per heavy atom. The third kappa shape index (κ3) is 4.19. The van der Waals surface area contributed by atoms with Crippen molar-refractivity contribution in [3.8, 4) is 5.75 Å². The smallest absolute Gasteiger partial charge is 0.323 e. The number of methoxy groups -OCH3 is 2. The minimum Gasteiger partial charge on any atom is -0.496 e. The summed E-state index contributed by atoms with van der Waals surface area (Å²) in [5, 5.41) is 0. The van der Waals surface area contributed by atoms with Gasteiger partial charge in [-0.25, -0.2) is 4.39 Å². The first-order chi connectivity index (χ1) is 8.58. The van der Waals surface area contributed by atoms with Crippen LogP contribution in [0.2, 0.25) is 0 Å². The quantitative estimate of drug-likeness (QED) is 0.797. The zero-order valence-electron chi connectivity index (χ0n) is 10.3. The molecule has 0 amide bonds. The molecule has 100 valence electrons. The van der Waals surface area contributed by atoms with E-state index in [1.54, 1.807) is 6.07 Å². The lowest BCUT2D eigenvalue weighted by Gasteiger charge is -2.10. The lowest BCUT2D eigenvalue weighted by Crippen LogP contribution is -2.33. The lowest BCUT2D eigenvalue weighted by atomic mass is 10.2. The molecule has 1 atom stereocenters. The van der Waals surface area contributed by atoms with Gasteiger partial charge in [-0.05, 0) is 18.2 Å². The third-order valence-corrected chi connectivity index (χ3v) is 3.41. The summed E-state index contributed by atoms with van der Waals surface area (Å²) in [4.78, 5) is 11.1. The summed E-state index contributed by atoms with van der Waals surface area (Å²) in [7, 11) is 2.82. The van der Waals surface area contributed by atoms with Gasteiger partial charge in [0.25, 0.3) is 0 Å². The van der Waals surface area contributed by atoms with E-state index in [1.807, 2.05) is 0 Å². The second-order valence-corrected chi connectivity index (χ2v) is 4.63. The lowest BCUT2D eigenvalue weighted by molar-refractivity contribution is -0.141. The molecule has 1 aromatic rings. The molecular formula is C12H16FNO3S. The van der Waals surface area contributed by atoms with Gasteiger partial charge in [0.1, 0.15) is 17.6 Å². The Bertz CT molecular complexity index is 414. The summed E-state index contributed by atoms with van der Waals surface area (Å²) in [5.41, 5.74) is 6.33.